The lowest BCUT2D eigenvalue weighted by Crippen LogP contribution is -2.50. The van der Waals surface area contributed by atoms with E-state index in [0.29, 0.717) is 0 Å². The number of hydrogen-bond donors (Lipinski definition) is 0. The normalized spacial score (nSPS) is 49.9. The molecule has 0 N–H and O–H groups in total. The van der Waals surface area contributed by atoms with Gasteiger partial charge < -0.3 is 0 Å². The molecule has 0 bridgehead atoms. The summed E-state index contributed by atoms with van der Waals surface area (Å²) >= 11 is 0. The molecular formula is C48H80N2. The third kappa shape index (κ3) is 6.35. The first-order chi connectivity index (χ1) is 24.8. The monoisotopic (exact) mass is 685 g/mol. The maximum Gasteiger partial charge on any atom is 0.0135 e. The van der Waals surface area contributed by atoms with Crippen molar-refractivity contribution in [3.63, 3.8) is 0 Å². The van der Waals surface area contributed by atoms with Crippen LogP contribution in [-0.2, 0) is 0 Å². The highest BCUT2D eigenvalue weighted by atomic mass is 15.3. The van der Waals surface area contributed by atoms with Crippen molar-refractivity contribution in [2.45, 2.75) is 242 Å². The van der Waals surface area contributed by atoms with Gasteiger partial charge >= 0.3 is 0 Å². The quantitative estimate of drug-likeness (QED) is 0.284. The molecule has 10 fully saturated rings. The van der Waals surface area contributed by atoms with Gasteiger partial charge in [-0.15, -0.1) is 0 Å². The summed E-state index contributed by atoms with van der Waals surface area (Å²) in [4.78, 5) is 6.65. The van der Waals surface area contributed by atoms with Gasteiger partial charge in [0.1, 0.15) is 0 Å². The molecule has 0 radical (unpaired) electrons. The number of rotatable bonds is 5. The molecule has 8 aliphatic carbocycles. The largest absolute Gasteiger partial charge is 0.294 e. The second-order valence-electron chi connectivity index (χ2n) is 21.4. The fourth-order valence-corrected chi connectivity index (χ4v) is 17.7. The topological polar surface area (TPSA) is 6.48 Å². The van der Waals surface area contributed by atoms with Crippen LogP contribution in [0.25, 0.3) is 0 Å². The Hall–Kier alpha value is -0.0800. The zero-order valence-electron chi connectivity index (χ0n) is 32.8. The average Bonchev–Trinajstić information content (AvgIpc) is 3.71. The molecule has 0 aromatic carbocycles. The Morgan fingerprint density at radius 1 is 0.240 bits per heavy atom. The van der Waals surface area contributed by atoms with Crippen molar-refractivity contribution in [3.05, 3.63) is 0 Å². The molecular weight excluding hydrogens is 605 g/mol. The highest BCUT2D eigenvalue weighted by Gasteiger charge is 2.59. The molecule has 2 nitrogen and oxygen atoms in total. The van der Waals surface area contributed by atoms with E-state index in [1.807, 2.05) is 0 Å². The Morgan fingerprint density at radius 3 is 1.38 bits per heavy atom. The van der Waals surface area contributed by atoms with Gasteiger partial charge in [0.25, 0.3) is 0 Å². The first kappa shape index (κ1) is 34.4. The Balaban J connectivity index is 0.806. The van der Waals surface area contributed by atoms with Gasteiger partial charge in [0.15, 0.2) is 0 Å². The third-order valence-electron chi connectivity index (χ3n) is 19.6. The van der Waals surface area contributed by atoms with E-state index in [2.05, 4.69) is 9.80 Å². The minimum absolute atomic E-state index is 0.946. The van der Waals surface area contributed by atoms with Gasteiger partial charge in [-0.1, -0.05) is 83.5 Å². The maximum absolute atomic E-state index is 3.38. The van der Waals surface area contributed by atoms with Gasteiger partial charge in [-0.2, -0.15) is 0 Å². The van der Waals surface area contributed by atoms with Crippen molar-refractivity contribution in [3.8, 4) is 0 Å². The fraction of sp³-hybridized carbons (Fsp3) is 1.00. The molecule has 0 spiro atoms. The van der Waals surface area contributed by atoms with E-state index in [4.69, 9.17) is 0 Å². The standard InChI is InChI=1S/C48H80N2/c1-3-12-33(13-4-1)34-22-24-35(25-23-34)36-26-29-39(30-27-36)50-45-20-10-8-17-42(45)48-40(18-11-21-47(48)50)37-28-31-46-43(32-37)41-16-7-9-19-44(41)49(46)38-14-5-2-6-15-38/h33-48H,1-32H2. The smallest absolute Gasteiger partial charge is 0.0135 e. The summed E-state index contributed by atoms with van der Waals surface area (Å²) in [5.74, 6) is 10.8. The molecule has 10 aliphatic rings. The minimum Gasteiger partial charge on any atom is -0.294 e. The molecule has 0 aromatic rings. The minimum atomic E-state index is 0.946. The fourth-order valence-electron chi connectivity index (χ4n) is 17.7. The van der Waals surface area contributed by atoms with Crippen LogP contribution in [0.5, 0.6) is 0 Å². The molecule has 0 amide bonds. The van der Waals surface area contributed by atoms with Crippen LogP contribution in [0.3, 0.4) is 0 Å². The highest BCUT2D eigenvalue weighted by molar-refractivity contribution is 5.11. The molecule has 10 rings (SSSR count). The predicted molar refractivity (Wildman–Crippen MR) is 209 cm³/mol. The van der Waals surface area contributed by atoms with Crippen LogP contribution >= 0.6 is 0 Å². The Kier molecular flexibility index (Phi) is 10.5. The lowest BCUT2D eigenvalue weighted by molar-refractivity contribution is 0.0119. The molecule has 2 heteroatoms. The maximum atomic E-state index is 3.38. The second kappa shape index (κ2) is 15.2. The predicted octanol–water partition coefficient (Wildman–Crippen LogP) is 12.6. The van der Waals surface area contributed by atoms with E-state index in [-0.39, 0.29) is 0 Å². The van der Waals surface area contributed by atoms with Crippen LogP contribution in [0, 0.1) is 59.2 Å². The second-order valence-corrected chi connectivity index (χ2v) is 21.4. The summed E-state index contributed by atoms with van der Waals surface area (Å²) < 4.78 is 0. The summed E-state index contributed by atoms with van der Waals surface area (Å²) in [6.07, 6.45) is 50.1. The summed E-state index contributed by atoms with van der Waals surface area (Å²) in [6.45, 7) is 0. The zero-order valence-corrected chi connectivity index (χ0v) is 32.8. The molecule has 282 valence electrons. The number of likely N-dealkylation sites (tertiary alicyclic amines) is 2. The van der Waals surface area contributed by atoms with Gasteiger partial charge in [0, 0.05) is 36.3 Å². The molecule has 2 heterocycles. The molecule has 0 aromatic heterocycles. The molecule has 2 saturated heterocycles. The average molecular weight is 685 g/mol. The summed E-state index contributed by atoms with van der Waals surface area (Å²) in [7, 11) is 0. The molecule has 8 saturated carbocycles. The van der Waals surface area contributed by atoms with Crippen LogP contribution < -0.4 is 0 Å². The van der Waals surface area contributed by atoms with Crippen LogP contribution in [0.4, 0.5) is 0 Å². The first-order valence-electron chi connectivity index (χ1n) is 24.4. The Bertz CT molecular complexity index is 1090. The van der Waals surface area contributed by atoms with E-state index >= 15 is 0 Å². The van der Waals surface area contributed by atoms with Gasteiger partial charge in [0.2, 0.25) is 0 Å². The number of nitrogens with zero attached hydrogens (tertiary/aromatic N) is 2. The first-order valence-corrected chi connectivity index (χ1v) is 24.4. The van der Waals surface area contributed by atoms with E-state index < -0.39 is 0 Å². The van der Waals surface area contributed by atoms with Gasteiger partial charge in [-0.25, -0.2) is 0 Å². The number of hydrogen-bond acceptors (Lipinski definition) is 2. The van der Waals surface area contributed by atoms with Crippen LogP contribution in [0.15, 0.2) is 0 Å². The summed E-state index contributed by atoms with van der Waals surface area (Å²) in [6, 6.07) is 5.80. The van der Waals surface area contributed by atoms with E-state index in [1.165, 1.54) is 64.2 Å². The molecule has 10 unspecified atom stereocenters. The van der Waals surface area contributed by atoms with Gasteiger partial charge in [-0.05, 0) is 181 Å². The molecule has 2 aliphatic heterocycles. The summed E-state index contributed by atoms with van der Waals surface area (Å²) in [5, 5.41) is 0. The van der Waals surface area contributed by atoms with Crippen molar-refractivity contribution < 1.29 is 0 Å². The van der Waals surface area contributed by atoms with Crippen molar-refractivity contribution in [2.24, 2.45) is 59.2 Å². The van der Waals surface area contributed by atoms with Crippen molar-refractivity contribution in [1.29, 1.82) is 0 Å². The SMILES string of the molecule is C1CCC(C2CCC(C3CCC(N4C5CCCCC5C5C(C6CCC7C(C6)C6CCCCC6N7C6CCCCC6)CCCC54)CC3)CC2)CC1. The lowest BCUT2D eigenvalue weighted by atomic mass is 9.59. The third-order valence-corrected chi connectivity index (χ3v) is 19.6. The Labute approximate surface area is 309 Å². The van der Waals surface area contributed by atoms with E-state index in [1.54, 1.807) is 141 Å². The van der Waals surface area contributed by atoms with E-state index in [0.717, 1.165) is 95.4 Å². The van der Waals surface area contributed by atoms with Crippen molar-refractivity contribution >= 4 is 0 Å². The Morgan fingerprint density at radius 2 is 0.680 bits per heavy atom. The van der Waals surface area contributed by atoms with Gasteiger partial charge in [0.05, 0.1) is 0 Å². The molecule has 10 atom stereocenters. The summed E-state index contributed by atoms with van der Waals surface area (Å²) in [5.41, 5.74) is 0. The number of fused-ring (bicyclic) bond motifs is 6. The van der Waals surface area contributed by atoms with E-state index in [9.17, 15) is 0 Å². The zero-order chi connectivity index (χ0) is 33.0. The van der Waals surface area contributed by atoms with Crippen molar-refractivity contribution in [1.82, 2.24) is 9.80 Å². The highest BCUT2D eigenvalue weighted by Crippen LogP contribution is 2.60. The van der Waals surface area contributed by atoms with Crippen LogP contribution in [0.1, 0.15) is 205 Å². The van der Waals surface area contributed by atoms with Crippen molar-refractivity contribution in [2.75, 3.05) is 0 Å². The van der Waals surface area contributed by atoms with Crippen LogP contribution in [0.2, 0.25) is 0 Å². The van der Waals surface area contributed by atoms with Gasteiger partial charge in [-0.3, -0.25) is 9.80 Å². The lowest BCUT2D eigenvalue weighted by Gasteiger charge is -2.48. The molecule has 50 heavy (non-hydrogen) atoms. The van der Waals surface area contributed by atoms with Crippen LogP contribution in [-0.4, -0.2) is 46.1 Å².